The first-order valence-electron chi connectivity index (χ1n) is 10.3. The number of hydrogen-bond donors (Lipinski definition) is 3. The Morgan fingerprint density at radius 2 is 1.84 bits per heavy atom. The van der Waals surface area contributed by atoms with E-state index in [1.165, 1.54) is 18.4 Å². The molecule has 0 spiro atoms. The highest BCUT2D eigenvalue weighted by Crippen LogP contribution is 2.42. The molecule has 0 saturated heterocycles. The summed E-state index contributed by atoms with van der Waals surface area (Å²) in [5.41, 5.74) is 3.43. The number of nitrogens with one attached hydrogen (secondary N) is 1. The molecule has 3 heterocycles. The van der Waals surface area contributed by atoms with E-state index < -0.39 is 0 Å². The van der Waals surface area contributed by atoms with Crippen molar-refractivity contribution in [2.24, 2.45) is 0 Å². The summed E-state index contributed by atoms with van der Waals surface area (Å²) >= 11 is 0. The molecule has 0 bridgehead atoms. The van der Waals surface area contributed by atoms with Crippen LogP contribution >= 0.6 is 0 Å². The molecular formula is C23H24N6O2. The normalized spacial score (nSPS) is 12.9. The lowest BCUT2D eigenvalue weighted by molar-refractivity contribution is 0.280. The Bertz CT molecular complexity index is 1070. The lowest BCUT2D eigenvalue weighted by atomic mass is 10.1. The predicted molar refractivity (Wildman–Crippen MR) is 118 cm³/mol. The summed E-state index contributed by atoms with van der Waals surface area (Å²) in [7, 11) is 0. The van der Waals surface area contributed by atoms with Crippen LogP contribution in [-0.4, -0.2) is 51.5 Å². The van der Waals surface area contributed by atoms with Crippen molar-refractivity contribution in [3.8, 4) is 17.3 Å². The number of aliphatic hydroxyl groups is 2. The highest BCUT2D eigenvalue weighted by Gasteiger charge is 2.25. The Labute approximate surface area is 180 Å². The van der Waals surface area contributed by atoms with Crippen LogP contribution in [0.2, 0.25) is 0 Å². The van der Waals surface area contributed by atoms with Gasteiger partial charge in [0.05, 0.1) is 30.5 Å². The first kappa shape index (κ1) is 20.7. The molecule has 0 aliphatic heterocycles. The number of pyridine rings is 3. The van der Waals surface area contributed by atoms with Crippen molar-refractivity contribution in [3.05, 3.63) is 59.9 Å². The average Bonchev–Trinajstić information content (AvgIpc) is 3.65. The standard InChI is InChI=1S/C23H24N6O2/c24-14-16-5-6-25-21(11-16)28-22-13-19(17-1-2-17)12-20(27-22)18-3-4-23(26-15-18)29(7-9-30)8-10-31/h3-6,11-13,15,17,30-31H,1-2,7-10H2,(H,25,27,28). The second-order valence-corrected chi connectivity index (χ2v) is 7.45. The first-order chi connectivity index (χ1) is 15.2. The first-order valence-corrected chi connectivity index (χ1v) is 10.3. The highest BCUT2D eigenvalue weighted by atomic mass is 16.3. The Hall–Kier alpha value is -3.54. The minimum absolute atomic E-state index is 0.00944. The van der Waals surface area contributed by atoms with Gasteiger partial charge in [-0.3, -0.25) is 0 Å². The van der Waals surface area contributed by atoms with Gasteiger partial charge in [0.1, 0.15) is 17.5 Å². The van der Waals surface area contributed by atoms with Gasteiger partial charge >= 0.3 is 0 Å². The molecule has 158 valence electrons. The molecule has 1 aliphatic carbocycles. The molecule has 0 radical (unpaired) electrons. The maximum absolute atomic E-state index is 9.24. The van der Waals surface area contributed by atoms with E-state index in [1.54, 1.807) is 24.5 Å². The van der Waals surface area contributed by atoms with E-state index in [-0.39, 0.29) is 13.2 Å². The van der Waals surface area contributed by atoms with E-state index in [0.29, 0.717) is 42.0 Å². The van der Waals surface area contributed by atoms with Gasteiger partial charge < -0.3 is 20.4 Å². The van der Waals surface area contributed by atoms with Crippen molar-refractivity contribution in [3.63, 3.8) is 0 Å². The fourth-order valence-corrected chi connectivity index (χ4v) is 3.42. The third-order valence-corrected chi connectivity index (χ3v) is 5.15. The molecule has 4 rings (SSSR count). The molecule has 8 nitrogen and oxygen atoms in total. The van der Waals surface area contributed by atoms with Crippen LogP contribution in [-0.2, 0) is 0 Å². The number of hydrogen-bond acceptors (Lipinski definition) is 8. The van der Waals surface area contributed by atoms with E-state index in [1.807, 2.05) is 23.1 Å². The SMILES string of the molecule is N#Cc1ccnc(Nc2cc(C3CC3)cc(-c3ccc(N(CCO)CCO)nc3)n2)c1. The Balaban J connectivity index is 1.62. The van der Waals surface area contributed by atoms with E-state index in [2.05, 4.69) is 27.4 Å². The third-order valence-electron chi connectivity index (χ3n) is 5.15. The minimum Gasteiger partial charge on any atom is -0.395 e. The number of rotatable bonds is 9. The average molecular weight is 416 g/mol. The van der Waals surface area contributed by atoms with Crippen LogP contribution in [0.15, 0.2) is 48.8 Å². The van der Waals surface area contributed by atoms with Gasteiger partial charge in [-0.05, 0) is 60.7 Å². The zero-order valence-electron chi connectivity index (χ0n) is 17.1. The molecule has 8 heteroatoms. The van der Waals surface area contributed by atoms with Gasteiger partial charge in [-0.1, -0.05) is 0 Å². The summed E-state index contributed by atoms with van der Waals surface area (Å²) < 4.78 is 0. The van der Waals surface area contributed by atoms with Crippen molar-refractivity contribution in [1.29, 1.82) is 5.26 Å². The zero-order chi connectivity index (χ0) is 21.6. The molecular weight excluding hydrogens is 392 g/mol. The molecule has 3 aromatic heterocycles. The van der Waals surface area contributed by atoms with E-state index in [0.717, 1.165) is 11.3 Å². The molecule has 1 aliphatic rings. The fraction of sp³-hybridized carbons (Fsp3) is 0.304. The lowest BCUT2D eigenvalue weighted by Crippen LogP contribution is -2.30. The molecule has 0 amide bonds. The van der Waals surface area contributed by atoms with Gasteiger partial charge in [-0.15, -0.1) is 0 Å². The summed E-state index contributed by atoms with van der Waals surface area (Å²) in [5.74, 6) is 2.48. The zero-order valence-corrected chi connectivity index (χ0v) is 17.1. The van der Waals surface area contributed by atoms with Crippen LogP contribution < -0.4 is 10.2 Å². The number of nitrogens with zero attached hydrogens (tertiary/aromatic N) is 5. The number of nitriles is 1. The number of aromatic nitrogens is 3. The predicted octanol–water partition coefficient (Wildman–Crippen LogP) is 2.82. The lowest BCUT2D eigenvalue weighted by Gasteiger charge is -2.21. The highest BCUT2D eigenvalue weighted by molar-refractivity contribution is 5.66. The number of aliphatic hydroxyl groups excluding tert-OH is 2. The van der Waals surface area contributed by atoms with Crippen LogP contribution in [0.1, 0.15) is 29.9 Å². The quantitative estimate of drug-likeness (QED) is 0.487. The van der Waals surface area contributed by atoms with Gasteiger partial charge in [-0.2, -0.15) is 5.26 Å². The molecule has 1 fully saturated rings. The maximum atomic E-state index is 9.24. The summed E-state index contributed by atoms with van der Waals surface area (Å²) in [6.07, 6.45) is 5.69. The second kappa shape index (κ2) is 9.51. The van der Waals surface area contributed by atoms with Crippen LogP contribution in [0.4, 0.5) is 17.5 Å². The fourth-order valence-electron chi connectivity index (χ4n) is 3.42. The molecule has 31 heavy (non-hydrogen) atoms. The van der Waals surface area contributed by atoms with Crippen molar-refractivity contribution in [2.45, 2.75) is 18.8 Å². The van der Waals surface area contributed by atoms with Crippen molar-refractivity contribution < 1.29 is 10.2 Å². The Morgan fingerprint density at radius 3 is 2.48 bits per heavy atom. The topological polar surface area (TPSA) is 118 Å². The van der Waals surface area contributed by atoms with Crippen LogP contribution in [0.25, 0.3) is 11.3 Å². The molecule has 3 aromatic rings. The van der Waals surface area contributed by atoms with Crippen LogP contribution in [0.3, 0.4) is 0 Å². The summed E-state index contributed by atoms with van der Waals surface area (Å²) in [6.45, 7) is 0.797. The minimum atomic E-state index is -0.00944. The third kappa shape index (κ3) is 5.15. The van der Waals surface area contributed by atoms with E-state index in [4.69, 9.17) is 10.2 Å². The van der Waals surface area contributed by atoms with E-state index in [9.17, 15) is 10.2 Å². The van der Waals surface area contributed by atoms with Gasteiger partial charge in [-0.25, -0.2) is 15.0 Å². The maximum Gasteiger partial charge on any atom is 0.132 e. The molecule has 0 atom stereocenters. The smallest absolute Gasteiger partial charge is 0.132 e. The second-order valence-electron chi connectivity index (χ2n) is 7.45. The summed E-state index contributed by atoms with van der Waals surface area (Å²) in [4.78, 5) is 15.4. The molecule has 0 unspecified atom stereocenters. The van der Waals surface area contributed by atoms with Crippen molar-refractivity contribution in [1.82, 2.24) is 15.0 Å². The number of anilines is 3. The molecule has 0 aromatic carbocycles. The van der Waals surface area contributed by atoms with Crippen LogP contribution in [0.5, 0.6) is 0 Å². The van der Waals surface area contributed by atoms with E-state index >= 15 is 0 Å². The Morgan fingerprint density at radius 1 is 1.03 bits per heavy atom. The van der Waals surface area contributed by atoms with Crippen molar-refractivity contribution >= 4 is 17.5 Å². The monoisotopic (exact) mass is 416 g/mol. The largest absolute Gasteiger partial charge is 0.395 e. The molecule has 1 saturated carbocycles. The summed E-state index contributed by atoms with van der Waals surface area (Å²) in [6, 6.07) is 13.4. The summed E-state index contributed by atoms with van der Waals surface area (Å²) in [5, 5.41) is 30.8. The van der Waals surface area contributed by atoms with Gasteiger partial charge in [0.2, 0.25) is 0 Å². The van der Waals surface area contributed by atoms with Gasteiger partial charge in [0.25, 0.3) is 0 Å². The van der Waals surface area contributed by atoms with Gasteiger partial charge in [0.15, 0.2) is 0 Å². The molecule has 3 N–H and O–H groups in total. The van der Waals surface area contributed by atoms with Gasteiger partial charge in [0, 0.05) is 31.0 Å². The van der Waals surface area contributed by atoms with Crippen LogP contribution in [0, 0.1) is 11.3 Å². The Kier molecular flexibility index (Phi) is 6.36. The van der Waals surface area contributed by atoms with Crippen molar-refractivity contribution in [2.75, 3.05) is 36.5 Å².